The van der Waals surface area contributed by atoms with Crippen molar-refractivity contribution in [3.8, 4) is 11.4 Å². The molecule has 0 fully saturated rings. The van der Waals surface area contributed by atoms with Crippen molar-refractivity contribution in [3.63, 3.8) is 0 Å². The van der Waals surface area contributed by atoms with Gasteiger partial charge in [-0.2, -0.15) is 0 Å². The first-order chi connectivity index (χ1) is 18.5. The summed E-state index contributed by atoms with van der Waals surface area (Å²) in [6, 6.07) is 14.7. The molecule has 1 aromatic carbocycles. The number of rotatable bonds is 8. The number of carbonyl (C=O) groups excluding carboxylic acids is 2. The first-order valence-corrected chi connectivity index (χ1v) is 11.7. The van der Waals surface area contributed by atoms with E-state index in [1.165, 1.54) is 12.2 Å². The fourth-order valence-electron chi connectivity index (χ4n) is 3.79. The zero-order chi connectivity index (χ0) is 26.5. The molecule has 38 heavy (non-hydrogen) atoms. The van der Waals surface area contributed by atoms with Gasteiger partial charge in [0.2, 0.25) is 11.6 Å². The molecule has 0 bridgehead atoms. The molecule has 4 heterocycles. The lowest BCUT2D eigenvalue weighted by atomic mass is 10.2. The van der Waals surface area contributed by atoms with Crippen LogP contribution in [0, 0.1) is 13.8 Å². The summed E-state index contributed by atoms with van der Waals surface area (Å²) < 4.78 is 3.20. The van der Waals surface area contributed by atoms with Crippen molar-refractivity contribution in [2.45, 2.75) is 13.8 Å². The van der Waals surface area contributed by atoms with Gasteiger partial charge in [0.1, 0.15) is 0 Å². The largest absolute Gasteiger partial charge is 0.287 e. The first-order valence-electron chi connectivity index (χ1n) is 11.7. The normalized spacial score (nSPS) is 11.4. The van der Waals surface area contributed by atoms with Gasteiger partial charge in [-0.15, -0.1) is 10.2 Å². The summed E-state index contributed by atoms with van der Waals surface area (Å²) in [7, 11) is 0. The molecule has 186 valence electrons. The summed E-state index contributed by atoms with van der Waals surface area (Å²) in [6.07, 6.45) is 13.0. The number of pyridine rings is 2. The molecule has 10 heteroatoms. The average Bonchev–Trinajstić information content (AvgIpc) is 3.54. The van der Waals surface area contributed by atoms with E-state index in [4.69, 9.17) is 0 Å². The van der Waals surface area contributed by atoms with Crippen molar-refractivity contribution in [1.82, 2.24) is 40.0 Å². The molecule has 0 aliphatic rings. The minimum atomic E-state index is -0.248. The quantitative estimate of drug-likeness (QED) is 0.230. The van der Waals surface area contributed by atoms with Crippen LogP contribution < -0.4 is 0 Å². The maximum absolute atomic E-state index is 12.7. The maximum atomic E-state index is 12.7. The highest BCUT2D eigenvalue weighted by atomic mass is 16.1. The highest BCUT2D eigenvalue weighted by molar-refractivity contribution is 6.06. The van der Waals surface area contributed by atoms with Gasteiger partial charge in [0, 0.05) is 24.8 Å². The van der Waals surface area contributed by atoms with E-state index in [2.05, 4.69) is 30.6 Å². The summed E-state index contributed by atoms with van der Waals surface area (Å²) in [4.78, 5) is 33.4. The van der Waals surface area contributed by atoms with Crippen molar-refractivity contribution < 1.29 is 9.59 Å². The van der Waals surface area contributed by atoms with Gasteiger partial charge in [-0.1, -0.05) is 22.6 Å². The van der Waals surface area contributed by atoms with Crippen molar-refractivity contribution in [3.05, 3.63) is 119 Å². The molecule has 0 saturated carbocycles. The Morgan fingerprint density at radius 1 is 0.658 bits per heavy atom. The molecule has 0 radical (unpaired) electrons. The van der Waals surface area contributed by atoms with Gasteiger partial charge in [0.05, 0.1) is 22.8 Å². The van der Waals surface area contributed by atoms with Gasteiger partial charge in [-0.3, -0.25) is 19.6 Å². The molecule has 0 saturated heterocycles. The molecule has 0 spiro atoms. The predicted octanol–water partition coefficient (Wildman–Crippen LogP) is 4.05. The van der Waals surface area contributed by atoms with Gasteiger partial charge >= 0.3 is 0 Å². The number of hydrogen-bond donors (Lipinski definition) is 0. The summed E-state index contributed by atoms with van der Waals surface area (Å²) >= 11 is 0. The number of benzene rings is 1. The fourth-order valence-corrected chi connectivity index (χ4v) is 3.79. The lowest BCUT2D eigenvalue weighted by molar-refractivity contribution is 0.103. The second kappa shape index (κ2) is 10.7. The van der Waals surface area contributed by atoms with E-state index in [0.717, 1.165) is 22.5 Å². The lowest BCUT2D eigenvalue weighted by Crippen LogP contribution is -2.04. The zero-order valence-corrected chi connectivity index (χ0v) is 20.6. The van der Waals surface area contributed by atoms with Crippen LogP contribution in [0.25, 0.3) is 23.5 Å². The maximum Gasteiger partial charge on any atom is 0.208 e. The summed E-state index contributed by atoms with van der Waals surface area (Å²) in [5, 5.41) is 16.5. The highest BCUT2D eigenvalue weighted by Gasteiger charge is 2.17. The molecule has 0 amide bonds. The Hall–Kier alpha value is -5.38. The molecule has 0 atom stereocenters. The van der Waals surface area contributed by atoms with Crippen LogP contribution in [0.1, 0.15) is 43.5 Å². The van der Waals surface area contributed by atoms with E-state index >= 15 is 0 Å². The van der Waals surface area contributed by atoms with Crippen LogP contribution >= 0.6 is 0 Å². The number of nitrogens with zero attached hydrogens (tertiary/aromatic N) is 8. The Labute approximate surface area is 218 Å². The summed E-state index contributed by atoms with van der Waals surface area (Å²) in [5.74, 6) is -0.496. The molecule has 0 aliphatic carbocycles. The van der Waals surface area contributed by atoms with Crippen LogP contribution in [-0.2, 0) is 0 Å². The number of allylic oxidation sites excluding steroid dienone is 2. The number of ketones is 2. The third kappa shape index (κ3) is 5.09. The number of aromatic nitrogens is 8. The highest BCUT2D eigenvalue weighted by Crippen LogP contribution is 2.18. The molecular weight excluding hydrogens is 480 g/mol. The first kappa shape index (κ1) is 24.3. The standard InChI is InChI=1S/C28H22N8O2/c1-19-27(25(37)13-7-21-5-3-15-29-17-21)31-33-35(19)23-9-11-24(12-10-23)36-20(2)28(32-34-36)26(38)14-8-22-6-4-16-30-18-22/h3-18H,1-2H3/b13-7+,14-8+. The Morgan fingerprint density at radius 2 is 1.08 bits per heavy atom. The van der Waals surface area contributed by atoms with E-state index in [-0.39, 0.29) is 23.0 Å². The number of hydrogen-bond acceptors (Lipinski definition) is 8. The van der Waals surface area contributed by atoms with Gasteiger partial charge in [0.15, 0.2) is 11.4 Å². The van der Waals surface area contributed by atoms with E-state index in [1.807, 2.05) is 36.4 Å². The Kier molecular flexibility index (Phi) is 6.85. The smallest absolute Gasteiger partial charge is 0.208 e. The number of carbonyl (C=O) groups is 2. The van der Waals surface area contributed by atoms with E-state index in [9.17, 15) is 9.59 Å². The Bertz CT molecular complexity index is 1530. The van der Waals surface area contributed by atoms with E-state index in [1.54, 1.807) is 72.3 Å². The SMILES string of the molecule is Cc1c(C(=O)/C=C/c2cccnc2)nnn1-c1ccc(-n2nnc(C(=O)/C=C/c3cccnc3)c2C)cc1. The molecule has 0 aliphatic heterocycles. The molecule has 4 aromatic heterocycles. The molecule has 10 nitrogen and oxygen atoms in total. The van der Waals surface area contributed by atoms with Crippen LogP contribution in [0.2, 0.25) is 0 Å². The van der Waals surface area contributed by atoms with Crippen LogP contribution in [0.15, 0.2) is 85.5 Å². The fraction of sp³-hybridized carbons (Fsp3) is 0.0714. The minimum Gasteiger partial charge on any atom is -0.287 e. The third-order valence-electron chi connectivity index (χ3n) is 5.82. The summed E-state index contributed by atoms with van der Waals surface area (Å²) in [6.45, 7) is 3.58. The monoisotopic (exact) mass is 502 g/mol. The summed E-state index contributed by atoms with van der Waals surface area (Å²) in [5.41, 5.74) is 4.85. The molecule has 0 N–H and O–H groups in total. The van der Waals surface area contributed by atoms with Gasteiger partial charge in [-0.05, 0) is 85.7 Å². The Morgan fingerprint density at radius 3 is 1.45 bits per heavy atom. The van der Waals surface area contributed by atoms with Crippen LogP contribution in [-0.4, -0.2) is 51.5 Å². The van der Waals surface area contributed by atoms with E-state index in [0.29, 0.717) is 11.4 Å². The van der Waals surface area contributed by atoms with Crippen molar-refractivity contribution in [1.29, 1.82) is 0 Å². The molecule has 5 rings (SSSR count). The van der Waals surface area contributed by atoms with Gasteiger partial charge in [-0.25, -0.2) is 9.36 Å². The van der Waals surface area contributed by atoms with E-state index < -0.39 is 0 Å². The molecular formula is C28H22N8O2. The van der Waals surface area contributed by atoms with Crippen LogP contribution in [0.5, 0.6) is 0 Å². The molecule has 0 unspecified atom stereocenters. The van der Waals surface area contributed by atoms with Crippen LogP contribution in [0.3, 0.4) is 0 Å². The predicted molar refractivity (Wildman–Crippen MR) is 141 cm³/mol. The second-order valence-corrected chi connectivity index (χ2v) is 8.35. The van der Waals surface area contributed by atoms with Crippen LogP contribution in [0.4, 0.5) is 0 Å². The lowest BCUT2D eigenvalue weighted by Gasteiger charge is -2.07. The van der Waals surface area contributed by atoms with Crippen molar-refractivity contribution in [2.75, 3.05) is 0 Å². The third-order valence-corrected chi connectivity index (χ3v) is 5.82. The second-order valence-electron chi connectivity index (χ2n) is 8.35. The topological polar surface area (TPSA) is 121 Å². The average molecular weight is 503 g/mol. The van der Waals surface area contributed by atoms with Gasteiger partial charge < -0.3 is 0 Å². The molecule has 5 aromatic rings. The Balaban J connectivity index is 1.32. The van der Waals surface area contributed by atoms with Gasteiger partial charge in [0.25, 0.3) is 0 Å². The minimum absolute atomic E-state index is 0.248. The zero-order valence-electron chi connectivity index (χ0n) is 20.6. The van der Waals surface area contributed by atoms with Crippen molar-refractivity contribution >= 4 is 23.7 Å². The van der Waals surface area contributed by atoms with Crippen molar-refractivity contribution in [2.24, 2.45) is 0 Å².